The van der Waals surface area contributed by atoms with Crippen LogP contribution in [0.2, 0.25) is 0 Å². The van der Waals surface area contributed by atoms with Crippen LogP contribution in [0.25, 0.3) is 10.9 Å². The summed E-state index contributed by atoms with van der Waals surface area (Å²) in [7, 11) is 0. The van der Waals surface area contributed by atoms with Crippen LogP contribution in [-0.4, -0.2) is 17.4 Å². The van der Waals surface area contributed by atoms with Crippen molar-refractivity contribution in [3.63, 3.8) is 0 Å². The third-order valence-electron chi connectivity index (χ3n) is 5.83. The van der Waals surface area contributed by atoms with E-state index >= 15 is 0 Å². The summed E-state index contributed by atoms with van der Waals surface area (Å²) in [5, 5.41) is 4.66. The molecule has 0 bridgehead atoms. The van der Waals surface area contributed by atoms with Crippen LogP contribution in [0.4, 0.5) is 5.69 Å². The summed E-state index contributed by atoms with van der Waals surface area (Å²) >= 11 is 0. The molecule has 29 heavy (non-hydrogen) atoms. The molecule has 0 radical (unpaired) electrons. The first-order valence-electron chi connectivity index (χ1n) is 10.4. The molecule has 0 saturated carbocycles. The normalized spacial score (nSPS) is 18.2. The number of benzene rings is 2. The molecule has 0 fully saturated rings. The second-order valence-electron chi connectivity index (χ2n) is 7.74. The molecule has 4 nitrogen and oxygen atoms in total. The SMILES string of the molecule is CCCOc1ccc(C2C3=C(CCCC3=O)Nc3ccc4ncccc4c32)cc1. The van der Waals surface area contributed by atoms with Gasteiger partial charge in [0.2, 0.25) is 0 Å². The molecule has 2 heterocycles. The number of anilines is 1. The summed E-state index contributed by atoms with van der Waals surface area (Å²) in [6, 6.07) is 16.5. The summed E-state index contributed by atoms with van der Waals surface area (Å²) in [5.41, 5.74) is 6.29. The van der Waals surface area contributed by atoms with Crippen molar-refractivity contribution in [2.45, 2.75) is 38.5 Å². The number of nitrogens with zero attached hydrogens (tertiary/aromatic N) is 1. The van der Waals surface area contributed by atoms with Crippen molar-refractivity contribution in [1.29, 1.82) is 0 Å². The van der Waals surface area contributed by atoms with Crippen LogP contribution in [0.1, 0.15) is 49.7 Å². The Bertz CT molecular complexity index is 1120. The van der Waals surface area contributed by atoms with Gasteiger partial charge in [0.05, 0.1) is 12.1 Å². The van der Waals surface area contributed by atoms with E-state index in [9.17, 15) is 4.79 Å². The van der Waals surface area contributed by atoms with Gasteiger partial charge in [-0.1, -0.05) is 25.1 Å². The Morgan fingerprint density at radius 3 is 2.79 bits per heavy atom. The molecule has 5 rings (SSSR count). The first-order valence-corrected chi connectivity index (χ1v) is 10.4. The van der Waals surface area contributed by atoms with Crippen molar-refractivity contribution in [3.05, 3.63) is 77.1 Å². The highest BCUT2D eigenvalue weighted by atomic mass is 16.5. The third kappa shape index (κ3) is 3.09. The minimum atomic E-state index is -0.0813. The lowest BCUT2D eigenvalue weighted by atomic mass is 9.74. The molecule has 0 amide bonds. The Morgan fingerprint density at radius 2 is 1.97 bits per heavy atom. The Morgan fingerprint density at radius 1 is 1.10 bits per heavy atom. The quantitative estimate of drug-likeness (QED) is 0.637. The standard InChI is InChI=1S/C25H24N2O2/c1-2-15-29-17-10-8-16(9-11-17)23-24-18-5-4-14-26-19(18)12-13-21(24)27-20-6-3-7-22(28)25(20)23/h4-5,8-14,23,27H,2-3,6-7,15H2,1H3. The zero-order valence-corrected chi connectivity index (χ0v) is 16.6. The number of allylic oxidation sites excluding steroid dienone is 2. The molecule has 1 aliphatic heterocycles. The van der Waals surface area contributed by atoms with Gasteiger partial charge in [-0.25, -0.2) is 0 Å². The number of fused-ring (bicyclic) bond motifs is 3. The van der Waals surface area contributed by atoms with Gasteiger partial charge in [0.1, 0.15) is 5.75 Å². The largest absolute Gasteiger partial charge is 0.494 e. The van der Waals surface area contributed by atoms with Crippen molar-refractivity contribution in [2.75, 3.05) is 11.9 Å². The number of aromatic nitrogens is 1. The average Bonchev–Trinajstić information content (AvgIpc) is 2.77. The van der Waals surface area contributed by atoms with E-state index in [4.69, 9.17) is 4.74 Å². The fourth-order valence-corrected chi connectivity index (χ4v) is 4.54. The highest BCUT2D eigenvalue weighted by Crippen LogP contribution is 2.47. The number of ketones is 1. The number of pyridine rings is 1. The molecular weight excluding hydrogens is 360 g/mol. The van der Waals surface area contributed by atoms with Crippen LogP contribution in [0.5, 0.6) is 5.75 Å². The smallest absolute Gasteiger partial charge is 0.161 e. The van der Waals surface area contributed by atoms with Crippen molar-refractivity contribution < 1.29 is 9.53 Å². The maximum atomic E-state index is 13.0. The topological polar surface area (TPSA) is 51.2 Å². The maximum absolute atomic E-state index is 13.0. The number of hydrogen-bond acceptors (Lipinski definition) is 4. The third-order valence-corrected chi connectivity index (χ3v) is 5.83. The first kappa shape index (κ1) is 17.9. The van der Waals surface area contributed by atoms with E-state index in [1.165, 1.54) is 0 Å². The minimum absolute atomic E-state index is 0.0813. The van der Waals surface area contributed by atoms with Crippen LogP contribution in [0.3, 0.4) is 0 Å². The van der Waals surface area contributed by atoms with Crippen molar-refractivity contribution in [1.82, 2.24) is 4.98 Å². The molecule has 0 saturated heterocycles. The highest BCUT2D eigenvalue weighted by Gasteiger charge is 2.36. The predicted octanol–water partition coefficient (Wildman–Crippen LogP) is 5.59. The second kappa shape index (κ2) is 7.36. The van der Waals surface area contributed by atoms with Gasteiger partial charge in [-0.3, -0.25) is 9.78 Å². The van der Waals surface area contributed by atoms with Gasteiger partial charge < -0.3 is 10.1 Å². The van der Waals surface area contributed by atoms with Gasteiger partial charge in [0, 0.05) is 40.9 Å². The van der Waals surface area contributed by atoms with E-state index < -0.39 is 0 Å². The average molecular weight is 384 g/mol. The summed E-state index contributed by atoms with van der Waals surface area (Å²) in [6.45, 7) is 2.81. The van der Waals surface area contributed by atoms with Gasteiger partial charge in [0.15, 0.2) is 5.78 Å². The highest BCUT2D eigenvalue weighted by molar-refractivity contribution is 6.03. The Balaban J connectivity index is 1.69. The van der Waals surface area contributed by atoms with Gasteiger partial charge in [0.25, 0.3) is 0 Å². The molecule has 0 spiro atoms. The number of carbonyl (C=O) groups is 1. The van der Waals surface area contributed by atoms with Gasteiger partial charge in [-0.05, 0) is 60.7 Å². The van der Waals surface area contributed by atoms with Gasteiger partial charge in [-0.15, -0.1) is 0 Å². The van der Waals surface area contributed by atoms with Crippen molar-refractivity contribution in [3.8, 4) is 5.75 Å². The van der Waals surface area contributed by atoms with Crippen molar-refractivity contribution >= 4 is 22.4 Å². The summed E-state index contributed by atoms with van der Waals surface area (Å²) < 4.78 is 5.76. The van der Waals surface area contributed by atoms with E-state index in [1.807, 2.05) is 24.4 Å². The molecular formula is C25H24N2O2. The number of rotatable bonds is 4. The fraction of sp³-hybridized carbons (Fsp3) is 0.280. The molecule has 3 aromatic rings. The fourth-order valence-electron chi connectivity index (χ4n) is 4.54. The Kier molecular flexibility index (Phi) is 4.55. The van der Waals surface area contributed by atoms with Crippen LogP contribution >= 0.6 is 0 Å². The maximum Gasteiger partial charge on any atom is 0.161 e. The van der Waals surface area contributed by atoms with E-state index in [2.05, 4.69) is 47.6 Å². The molecule has 146 valence electrons. The van der Waals surface area contributed by atoms with Crippen molar-refractivity contribution in [2.24, 2.45) is 0 Å². The zero-order chi connectivity index (χ0) is 19.8. The number of hydrogen-bond donors (Lipinski definition) is 1. The molecule has 1 N–H and O–H groups in total. The lowest BCUT2D eigenvalue weighted by Crippen LogP contribution is -2.27. The minimum Gasteiger partial charge on any atom is -0.494 e. The monoisotopic (exact) mass is 384 g/mol. The van der Waals surface area contributed by atoms with E-state index in [1.54, 1.807) is 0 Å². The molecule has 4 heteroatoms. The van der Waals surface area contributed by atoms with Gasteiger partial charge in [-0.2, -0.15) is 0 Å². The van der Waals surface area contributed by atoms with E-state index in [0.29, 0.717) is 13.0 Å². The van der Waals surface area contributed by atoms with Crippen LogP contribution in [0.15, 0.2) is 66.0 Å². The van der Waals surface area contributed by atoms with Crippen LogP contribution in [0, 0.1) is 0 Å². The number of nitrogens with one attached hydrogen (secondary N) is 1. The summed E-state index contributed by atoms with van der Waals surface area (Å²) in [6.07, 6.45) is 5.24. The number of Topliss-reactive ketones (excluding diaryl/α,β-unsaturated/α-hetero) is 1. The lowest BCUT2D eigenvalue weighted by molar-refractivity contribution is -0.116. The number of ether oxygens (including phenoxy) is 1. The Labute approximate surface area is 170 Å². The molecule has 2 aromatic carbocycles. The van der Waals surface area contributed by atoms with E-state index in [-0.39, 0.29) is 11.7 Å². The summed E-state index contributed by atoms with van der Waals surface area (Å²) in [5.74, 6) is 1.04. The Hall–Kier alpha value is -3.14. The van der Waals surface area contributed by atoms with Crippen LogP contribution in [-0.2, 0) is 4.79 Å². The predicted molar refractivity (Wildman–Crippen MR) is 115 cm³/mol. The molecule has 1 unspecified atom stereocenters. The molecule has 2 aliphatic rings. The van der Waals surface area contributed by atoms with Crippen LogP contribution < -0.4 is 10.1 Å². The molecule has 1 aliphatic carbocycles. The first-order chi connectivity index (χ1) is 14.3. The molecule has 1 atom stereocenters. The summed E-state index contributed by atoms with van der Waals surface area (Å²) in [4.78, 5) is 17.6. The lowest BCUT2D eigenvalue weighted by Gasteiger charge is -2.34. The second-order valence-corrected chi connectivity index (χ2v) is 7.74. The van der Waals surface area contributed by atoms with E-state index in [0.717, 1.165) is 64.0 Å². The molecule has 1 aromatic heterocycles. The van der Waals surface area contributed by atoms with Gasteiger partial charge >= 0.3 is 0 Å². The zero-order valence-electron chi connectivity index (χ0n) is 16.6. The number of carbonyl (C=O) groups excluding carboxylic acids is 1.